The van der Waals surface area contributed by atoms with Gasteiger partial charge in [0.05, 0.1) is 23.4 Å². The molecule has 0 unspecified atom stereocenters. The molecular formula is C20H21ClN2O4. The number of anilines is 2. The smallest absolute Gasteiger partial charge is 0.337 e. The second-order valence-electron chi connectivity index (χ2n) is 6.93. The number of ether oxygens (including phenoxy) is 1. The summed E-state index contributed by atoms with van der Waals surface area (Å²) < 4.78 is 4.67. The number of hydrogen-bond donors (Lipinski definition) is 2. The molecule has 0 saturated carbocycles. The van der Waals surface area contributed by atoms with Gasteiger partial charge in [-0.3, -0.25) is 9.59 Å². The molecule has 0 radical (unpaired) electrons. The van der Waals surface area contributed by atoms with Crippen molar-refractivity contribution in [3.63, 3.8) is 0 Å². The lowest BCUT2D eigenvalue weighted by Crippen LogP contribution is -2.27. The summed E-state index contributed by atoms with van der Waals surface area (Å²) in [6.07, 6.45) is 0. The lowest BCUT2D eigenvalue weighted by molar-refractivity contribution is -0.123. The highest BCUT2D eigenvalue weighted by Gasteiger charge is 2.21. The summed E-state index contributed by atoms with van der Waals surface area (Å²) in [6.45, 7) is 5.40. The van der Waals surface area contributed by atoms with Gasteiger partial charge in [-0.25, -0.2) is 4.79 Å². The molecule has 142 valence electrons. The second kappa shape index (κ2) is 8.22. The first-order valence-corrected chi connectivity index (χ1v) is 8.60. The normalized spacial score (nSPS) is 10.9. The van der Waals surface area contributed by atoms with Gasteiger partial charge in [0.1, 0.15) is 0 Å². The fourth-order valence-electron chi connectivity index (χ4n) is 2.12. The number of benzene rings is 2. The number of carbonyl (C=O) groups excluding carboxylic acids is 3. The van der Waals surface area contributed by atoms with Crippen LogP contribution >= 0.6 is 11.6 Å². The molecule has 2 aromatic carbocycles. The van der Waals surface area contributed by atoms with Crippen LogP contribution < -0.4 is 10.6 Å². The molecule has 0 aliphatic rings. The molecule has 2 N–H and O–H groups in total. The van der Waals surface area contributed by atoms with E-state index in [2.05, 4.69) is 15.4 Å². The third kappa shape index (κ3) is 5.31. The molecule has 0 saturated heterocycles. The van der Waals surface area contributed by atoms with Crippen molar-refractivity contribution < 1.29 is 19.1 Å². The van der Waals surface area contributed by atoms with Crippen LogP contribution in [-0.2, 0) is 9.53 Å². The average Bonchev–Trinajstić information content (AvgIpc) is 2.62. The Morgan fingerprint density at radius 3 is 2.30 bits per heavy atom. The van der Waals surface area contributed by atoms with Gasteiger partial charge in [0.15, 0.2) is 0 Å². The number of rotatable bonds is 4. The Bertz CT molecular complexity index is 888. The summed E-state index contributed by atoms with van der Waals surface area (Å²) >= 11 is 6.10. The van der Waals surface area contributed by atoms with Gasteiger partial charge < -0.3 is 15.4 Å². The number of carbonyl (C=O) groups is 3. The third-order valence-corrected chi connectivity index (χ3v) is 4.03. The standard InChI is InChI=1S/C20H21ClN2O4/c1-20(2,3)19(26)22-14-7-5-6-12(10-14)17(24)23-16-11-13(18(25)27-4)8-9-15(16)21/h5-11H,1-4H3,(H,22,26)(H,23,24). The van der Waals surface area contributed by atoms with E-state index >= 15 is 0 Å². The third-order valence-electron chi connectivity index (χ3n) is 3.70. The van der Waals surface area contributed by atoms with Crippen molar-refractivity contribution in [3.8, 4) is 0 Å². The van der Waals surface area contributed by atoms with Gasteiger partial charge in [-0.1, -0.05) is 38.4 Å². The van der Waals surface area contributed by atoms with Crippen LogP contribution in [0.1, 0.15) is 41.5 Å². The Balaban J connectivity index is 2.21. The number of methoxy groups -OCH3 is 1. The first kappa shape index (κ1) is 20.5. The van der Waals surface area contributed by atoms with Gasteiger partial charge in [0.25, 0.3) is 5.91 Å². The molecule has 0 spiro atoms. The predicted molar refractivity (Wildman–Crippen MR) is 105 cm³/mol. The molecule has 0 fully saturated rings. The van der Waals surface area contributed by atoms with Gasteiger partial charge in [0.2, 0.25) is 5.91 Å². The van der Waals surface area contributed by atoms with E-state index in [9.17, 15) is 14.4 Å². The lowest BCUT2D eigenvalue weighted by atomic mass is 9.95. The Labute approximate surface area is 162 Å². The fourth-order valence-corrected chi connectivity index (χ4v) is 2.28. The quantitative estimate of drug-likeness (QED) is 0.762. The van der Waals surface area contributed by atoms with E-state index in [0.717, 1.165) is 0 Å². The zero-order chi connectivity index (χ0) is 20.2. The number of halogens is 1. The van der Waals surface area contributed by atoms with E-state index in [0.29, 0.717) is 11.3 Å². The minimum atomic E-state index is -0.555. The minimum absolute atomic E-state index is 0.158. The summed E-state index contributed by atoms with van der Waals surface area (Å²) in [4.78, 5) is 36.3. The molecule has 2 aromatic rings. The van der Waals surface area contributed by atoms with Crippen molar-refractivity contribution in [1.29, 1.82) is 0 Å². The van der Waals surface area contributed by atoms with Crippen LogP contribution in [0.3, 0.4) is 0 Å². The fraction of sp³-hybridized carbons (Fsp3) is 0.250. The van der Waals surface area contributed by atoms with Crippen LogP contribution in [0.2, 0.25) is 5.02 Å². The monoisotopic (exact) mass is 388 g/mol. The zero-order valence-corrected chi connectivity index (χ0v) is 16.3. The van der Waals surface area contributed by atoms with Gasteiger partial charge >= 0.3 is 5.97 Å². The van der Waals surface area contributed by atoms with Gasteiger partial charge in [-0.2, -0.15) is 0 Å². The molecule has 0 bridgehead atoms. The molecular weight excluding hydrogens is 368 g/mol. The van der Waals surface area contributed by atoms with E-state index in [4.69, 9.17) is 11.6 Å². The zero-order valence-electron chi connectivity index (χ0n) is 15.6. The molecule has 0 heterocycles. The maximum Gasteiger partial charge on any atom is 0.337 e. The summed E-state index contributed by atoms with van der Waals surface area (Å²) in [5, 5.41) is 5.73. The molecule has 0 aromatic heterocycles. The van der Waals surface area contributed by atoms with Crippen molar-refractivity contribution in [2.45, 2.75) is 20.8 Å². The number of nitrogens with one attached hydrogen (secondary N) is 2. The lowest BCUT2D eigenvalue weighted by Gasteiger charge is -2.18. The van der Waals surface area contributed by atoms with Crippen molar-refractivity contribution in [3.05, 3.63) is 58.6 Å². The molecule has 6 nitrogen and oxygen atoms in total. The molecule has 2 amide bonds. The first-order valence-electron chi connectivity index (χ1n) is 8.22. The first-order chi connectivity index (χ1) is 12.6. The van der Waals surface area contributed by atoms with Crippen molar-refractivity contribution >= 4 is 40.8 Å². The molecule has 2 rings (SSSR count). The van der Waals surface area contributed by atoms with Gasteiger partial charge in [-0.05, 0) is 36.4 Å². The Morgan fingerprint density at radius 1 is 0.963 bits per heavy atom. The van der Waals surface area contributed by atoms with Crippen molar-refractivity contribution in [1.82, 2.24) is 0 Å². The number of amides is 2. The Morgan fingerprint density at radius 2 is 1.67 bits per heavy atom. The molecule has 27 heavy (non-hydrogen) atoms. The van der Waals surface area contributed by atoms with Crippen LogP contribution in [-0.4, -0.2) is 24.9 Å². The highest BCUT2D eigenvalue weighted by atomic mass is 35.5. The Hall–Kier alpha value is -2.86. The van der Waals surface area contributed by atoms with Crippen molar-refractivity contribution in [2.24, 2.45) is 5.41 Å². The maximum atomic E-state index is 12.6. The van der Waals surface area contributed by atoms with Gasteiger partial charge in [-0.15, -0.1) is 0 Å². The van der Waals surface area contributed by atoms with Crippen LogP contribution in [0, 0.1) is 5.41 Å². The van der Waals surface area contributed by atoms with E-state index in [1.54, 1.807) is 45.0 Å². The summed E-state index contributed by atoms with van der Waals surface area (Å²) in [5.41, 5.74) is 0.843. The van der Waals surface area contributed by atoms with Crippen LogP contribution in [0.25, 0.3) is 0 Å². The molecule has 0 atom stereocenters. The van der Waals surface area contributed by atoms with E-state index in [1.165, 1.54) is 25.3 Å². The largest absolute Gasteiger partial charge is 0.465 e. The van der Waals surface area contributed by atoms with Crippen LogP contribution in [0.15, 0.2) is 42.5 Å². The summed E-state index contributed by atoms with van der Waals surface area (Å²) in [7, 11) is 1.27. The average molecular weight is 389 g/mol. The highest BCUT2D eigenvalue weighted by Crippen LogP contribution is 2.25. The predicted octanol–water partition coefficient (Wildman–Crippen LogP) is 4.36. The van der Waals surface area contributed by atoms with Crippen LogP contribution in [0.5, 0.6) is 0 Å². The molecule has 0 aliphatic carbocycles. The van der Waals surface area contributed by atoms with Crippen molar-refractivity contribution in [2.75, 3.05) is 17.7 Å². The summed E-state index contributed by atoms with van der Waals surface area (Å²) in [5.74, 6) is -1.12. The second-order valence-corrected chi connectivity index (χ2v) is 7.33. The number of esters is 1. The highest BCUT2D eigenvalue weighted by molar-refractivity contribution is 6.34. The number of hydrogen-bond acceptors (Lipinski definition) is 4. The van der Waals surface area contributed by atoms with E-state index in [1.807, 2.05) is 0 Å². The van der Waals surface area contributed by atoms with Crippen LogP contribution in [0.4, 0.5) is 11.4 Å². The topological polar surface area (TPSA) is 84.5 Å². The molecule has 0 aliphatic heterocycles. The SMILES string of the molecule is COC(=O)c1ccc(Cl)c(NC(=O)c2cccc(NC(=O)C(C)(C)C)c2)c1. The van der Waals surface area contributed by atoms with E-state index in [-0.39, 0.29) is 22.2 Å². The minimum Gasteiger partial charge on any atom is -0.465 e. The maximum absolute atomic E-state index is 12.6. The summed E-state index contributed by atoms with van der Waals surface area (Å²) in [6, 6.07) is 11.0. The Kier molecular flexibility index (Phi) is 6.23. The van der Waals surface area contributed by atoms with E-state index < -0.39 is 17.3 Å². The molecule has 7 heteroatoms. The van der Waals surface area contributed by atoms with Gasteiger partial charge in [0, 0.05) is 16.7 Å².